The van der Waals surface area contributed by atoms with E-state index >= 15 is 0 Å². The zero-order chi connectivity index (χ0) is 32.0. The zero-order valence-electron chi connectivity index (χ0n) is 26.0. The lowest BCUT2D eigenvalue weighted by Crippen LogP contribution is -2.52. The van der Waals surface area contributed by atoms with Crippen molar-refractivity contribution in [3.63, 3.8) is 0 Å². The molecule has 3 aliphatic heterocycles. The number of amides is 3. The predicted molar refractivity (Wildman–Crippen MR) is 164 cm³/mol. The summed E-state index contributed by atoms with van der Waals surface area (Å²) in [7, 11) is 1.55. The smallest absolute Gasteiger partial charge is 0.273 e. The van der Waals surface area contributed by atoms with Crippen LogP contribution in [0.1, 0.15) is 72.6 Å². The summed E-state index contributed by atoms with van der Waals surface area (Å²) in [5.41, 5.74) is 2.15. The first-order chi connectivity index (χ1) is 21.6. The number of methoxy groups -OCH3 is 1. The van der Waals surface area contributed by atoms with E-state index in [4.69, 9.17) is 18.9 Å². The summed E-state index contributed by atoms with van der Waals surface area (Å²) in [5.74, 6) is -1.06. The molecule has 4 bridgehead atoms. The molecule has 12 nitrogen and oxygen atoms in total. The van der Waals surface area contributed by atoms with Crippen LogP contribution in [0.4, 0.5) is 5.69 Å². The summed E-state index contributed by atoms with van der Waals surface area (Å²) in [6, 6.07) is 11.6. The third-order valence-corrected chi connectivity index (χ3v) is 8.76. The number of ether oxygens (including phenoxy) is 2. The monoisotopic (exact) mass is 617 g/mol. The molecule has 3 aromatic rings. The van der Waals surface area contributed by atoms with Gasteiger partial charge in [-0.2, -0.15) is 0 Å². The van der Waals surface area contributed by atoms with Gasteiger partial charge in [-0.15, -0.1) is 0 Å². The summed E-state index contributed by atoms with van der Waals surface area (Å²) >= 11 is 0. The Bertz CT molecular complexity index is 1640. The van der Waals surface area contributed by atoms with Crippen molar-refractivity contribution < 1.29 is 33.4 Å². The standard InChI is InChI=1S/C33H39N5O7/c1-16(2)24-31-38-25(29(41)34-12-13-43-5)27(45-31)33-19-8-6-7-9-21(19)36-32(33)44-23-11-10-18(14-20(23)33)15-22(28(40)37-24)35-30(42)26(39)17(3)4/h6-11,14,16-17,22,24,26,32,36,39H,12-13,15H2,1-5H3,(H,34,41)(H,35,42)(H,37,40)/t22-,24-,26-,32?,33?/m0/s1. The second-order valence-corrected chi connectivity index (χ2v) is 12.5. The molecule has 1 aromatic heterocycles. The molecule has 5 atom stereocenters. The van der Waals surface area contributed by atoms with Crippen LogP contribution in [0.25, 0.3) is 0 Å². The summed E-state index contributed by atoms with van der Waals surface area (Å²) < 4.78 is 18.3. The molecule has 3 aliphatic rings. The Morgan fingerprint density at radius 1 is 1.13 bits per heavy atom. The number of rotatable bonds is 8. The molecule has 2 aromatic carbocycles. The summed E-state index contributed by atoms with van der Waals surface area (Å²) in [6.07, 6.45) is -1.79. The predicted octanol–water partition coefficient (Wildman–Crippen LogP) is 2.40. The van der Waals surface area contributed by atoms with E-state index in [0.717, 1.165) is 22.4 Å². The van der Waals surface area contributed by atoms with E-state index in [2.05, 4.69) is 21.3 Å². The number of nitrogens with one attached hydrogen (secondary N) is 4. The van der Waals surface area contributed by atoms with E-state index in [-0.39, 0.29) is 36.4 Å². The number of benzene rings is 2. The van der Waals surface area contributed by atoms with Gasteiger partial charge in [-0.3, -0.25) is 14.4 Å². The summed E-state index contributed by atoms with van der Waals surface area (Å²) in [5, 5.41) is 22.6. The molecule has 238 valence electrons. The molecule has 1 spiro atoms. The summed E-state index contributed by atoms with van der Waals surface area (Å²) in [4.78, 5) is 45.4. The number of fused-ring (bicyclic) bond motifs is 4. The number of aliphatic hydroxyl groups excluding tert-OH is 1. The highest BCUT2D eigenvalue weighted by molar-refractivity contribution is 5.95. The second-order valence-electron chi connectivity index (χ2n) is 12.5. The van der Waals surface area contributed by atoms with E-state index < -0.39 is 47.6 Å². The maximum Gasteiger partial charge on any atom is 0.273 e. The van der Waals surface area contributed by atoms with Crippen LogP contribution in [0.15, 0.2) is 46.9 Å². The van der Waals surface area contributed by atoms with E-state index in [1.807, 2.05) is 56.3 Å². The van der Waals surface area contributed by atoms with Crippen LogP contribution in [0.2, 0.25) is 0 Å². The Morgan fingerprint density at radius 2 is 1.91 bits per heavy atom. The molecule has 0 saturated heterocycles. The number of nitrogens with zero attached hydrogens (tertiary/aromatic N) is 1. The average Bonchev–Trinajstić information content (AvgIpc) is 3.67. The number of aliphatic hydroxyl groups is 1. The molecular formula is C33H39N5O7. The van der Waals surface area contributed by atoms with Gasteiger partial charge in [-0.05, 0) is 35.1 Å². The van der Waals surface area contributed by atoms with Crippen LogP contribution < -0.4 is 26.0 Å². The molecule has 0 saturated carbocycles. The highest BCUT2D eigenvalue weighted by Crippen LogP contribution is 2.58. The first-order valence-corrected chi connectivity index (χ1v) is 15.3. The van der Waals surface area contributed by atoms with Gasteiger partial charge in [0.2, 0.25) is 17.7 Å². The highest BCUT2D eigenvalue weighted by Gasteiger charge is 2.61. The molecule has 0 radical (unpaired) electrons. The molecule has 12 heteroatoms. The molecule has 0 aliphatic carbocycles. The van der Waals surface area contributed by atoms with Gasteiger partial charge in [-0.1, -0.05) is 58.0 Å². The van der Waals surface area contributed by atoms with Gasteiger partial charge in [0.25, 0.3) is 5.91 Å². The molecule has 0 fully saturated rings. The third kappa shape index (κ3) is 5.11. The van der Waals surface area contributed by atoms with Crippen LogP contribution in [0.3, 0.4) is 0 Å². The lowest BCUT2D eigenvalue weighted by atomic mass is 9.72. The van der Waals surface area contributed by atoms with Crippen molar-refractivity contribution in [2.24, 2.45) is 11.8 Å². The van der Waals surface area contributed by atoms with Gasteiger partial charge in [0.15, 0.2) is 17.7 Å². The minimum Gasteiger partial charge on any atom is -0.469 e. The summed E-state index contributed by atoms with van der Waals surface area (Å²) in [6.45, 7) is 7.83. The van der Waals surface area contributed by atoms with Crippen LogP contribution >= 0.6 is 0 Å². The Kier molecular flexibility index (Phi) is 8.04. The van der Waals surface area contributed by atoms with Crippen molar-refractivity contribution in [3.05, 3.63) is 76.5 Å². The molecule has 6 rings (SSSR count). The largest absolute Gasteiger partial charge is 0.469 e. The third-order valence-electron chi connectivity index (χ3n) is 8.76. The number of oxazole rings is 1. The van der Waals surface area contributed by atoms with Gasteiger partial charge in [-0.25, -0.2) is 4.98 Å². The number of hydrogen-bond acceptors (Lipinski definition) is 9. The van der Waals surface area contributed by atoms with Crippen LogP contribution in [-0.4, -0.2) is 66.4 Å². The molecule has 4 heterocycles. The quantitative estimate of drug-likeness (QED) is 0.239. The first-order valence-electron chi connectivity index (χ1n) is 15.3. The van der Waals surface area contributed by atoms with Gasteiger partial charge in [0.1, 0.15) is 29.4 Å². The van der Waals surface area contributed by atoms with Gasteiger partial charge in [0, 0.05) is 31.3 Å². The van der Waals surface area contributed by atoms with E-state index in [1.54, 1.807) is 21.0 Å². The zero-order valence-corrected chi connectivity index (χ0v) is 26.0. The van der Waals surface area contributed by atoms with Gasteiger partial charge < -0.3 is 40.3 Å². The van der Waals surface area contributed by atoms with E-state index in [9.17, 15) is 19.5 Å². The Morgan fingerprint density at radius 3 is 2.64 bits per heavy atom. The maximum atomic E-state index is 13.9. The minimum absolute atomic E-state index is 0.0792. The lowest BCUT2D eigenvalue weighted by molar-refractivity contribution is -0.135. The van der Waals surface area contributed by atoms with Gasteiger partial charge in [0.05, 0.1) is 6.61 Å². The SMILES string of the molecule is COCCNC(=O)c1nc2oc1C13c4ccccc4NC1Oc1ccc(cc13)C[C@H](NC(=O)[C@@H](O)C(C)C)C(=O)N[C@H]2C(C)C. The van der Waals surface area contributed by atoms with Crippen molar-refractivity contribution in [1.82, 2.24) is 20.9 Å². The number of carbonyl (C=O) groups excluding carboxylic acids is 3. The lowest BCUT2D eigenvalue weighted by Gasteiger charge is -2.29. The average molecular weight is 618 g/mol. The van der Waals surface area contributed by atoms with Gasteiger partial charge >= 0.3 is 0 Å². The first kappa shape index (κ1) is 30.6. The number of carbonyl (C=O) groups is 3. The van der Waals surface area contributed by atoms with Crippen LogP contribution in [0.5, 0.6) is 5.75 Å². The van der Waals surface area contributed by atoms with Crippen molar-refractivity contribution in [3.8, 4) is 5.75 Å². The van der Waals surface area contributed by atoms with Crippen molar-refractivity contribution >= 4 is 23.4 Å². The van der Waals surface area contributed by atoms with Crippen LogP contribution in [0, 0.1) is 11.8 Å². The molecular weight excluding hydrogens is 578 g/mol. The van der Waals surface area contributed by atoms with Crippen LogP contribution in [-0.2, 0) is 26.2 Å². The molecule has 2 unspecified atom stereocenters. The molecule has 45 heavy (non-hydrogen) atoms. The Balaban J connectivity index is 1.57. The fraction of sp³-hybridized carbons (Fsp3) is 0.455. The maximum absolute atomic E-state index is 13.9. The van der Waals surface area contributed by atoms with Crippen molar-refractivity contribution in [2.45, 2.75) is 63.9 Å². The van der Waals surface area contributed by atoms with E-state index in [0.29, 0.717) is 18.1 Å². The number of aromatic nitrogens is 1. The Hall–Kier alpha value is -4.42. The topological polar surface area (TPSA) is 164 Å². The van der Waals surface area contributed by atoms with E-state index in [1.165, 1.54) is 0 Å². The second kappa shape index (κ2) is 11.8. The number of anilines is 1. The normalized spacial score (nSPS) is 23.6. The fourth-order valence-electron chi connectivity index (χ4n) is 6.37. The minimum atomic E-state index is -1.29. The Labute approximate surface area is 261 Å². The molecule has 5 N–H and O–H groups in total. The number of para-hydroxylation sites is 1. The highest BCUT2D eigenvalue weighted by atomic mass is 16.5. The fourth-order valence-corrected chi connectivity index (χ4v) is 6.37. The van der Waals surface area contributed by atoms with Crippen molar-refractivity contribution in [1.29, 1.82) is 0 Å². The van der Waals surface area contributed by atoms with Crippen molar-refractivity contribution in [2.75, 3.05) is 25.6 Å². The number of hydrogen-bond donors (Lipinski definition) is 5. The molecule has 3 amide bonds.